The average Bonchev–Trinajstić information content (AvgIpc) is 2.95. The van der Waals surface area contributed by atoms with E-state index in [0.717, 1.165) is 21.1 Å². The van der Waals surface area contributed by atoms with Gasteiger partial charge in [0, 0.05) is 17.6 Å². The monoisotopic (exact) mass is 423 g/mol. The standard InChI is InChI=1S/C19H27BBrNO4/c1-17(2,3)24-16(23)22-10-12-8-13(21)9-15(14(12)11-22)20-25-18(4,5)19(6,7)26-20/h8-9H,10-11H2,1-7H3. The van der Waals surface area contributed by atoms with Crippen molar-refractivity contribution in [3.8, 4) is 0 Å². The number of rotatable bonds is 1. The van der Waals surface area contributed by atoms with Gasteiger partial charge in [0.25, 0.3) is 0 Å². The summed E-state index contributed by atoms with van der Waals surface area (Å²) in [6.07, 6.45) is -0.301. The zero-order valence-electron chi connectivity index (χ0n) is 16.6. The van der Waals surface area contributed by atoms with Gasteiger partial charge in [-0.05, 0) is 77.2 Å². The number of carbonyl (C=O) groups excluding carboxylic acids is 1. The van der Waals surface area contributed by atoms with Gasteiger partial charge in [-0.15, -0.1) is 0 Å². The van der Waals surface area contributed by atoms with Crippen LogP contribution in [0.4, 0.5) is 4.79 Å². The molecular weight excluding hydrogens is 397 g/mol. The van der Waals surface area contributed by atoms with Crippen LogP contribution in [0.25, 0.3) is 0 Å². The Morgan fingerprint density at radius 3 is 2.27 bits per heavy atom. The molecule has 2 aliphatic heterocycles. The van der Waals surface area contributed by atoms with Crippen LogP contribution in [-0.2, 0) is 27.1 Å². The molecule has 0 N–H and O–H groups in total. The number of fused-ring (bicyclic) bond motifs is 1. The molecule has 1 saturated heterocycles. The summed E-state index contributed by atoms with van der Waals surface area (Å²) in [5.41, 5.74) is 1.82. The Hall–Kier alpha value is -1.05. The predicted octanol–water partition coefficient (Wildman–Crippen LogP) is 4.00. The third-order valence-corrected chi connectivity index (χ3v) is 5.67. The number of ether oxygens (including phenoxy) is 1. The lowest BCUT2D eigenvalue weighted by Crippen LogP contribution is -2.41. The summed E-state index contributed by atoms with van der Waals surface area (Å²) in [5, 5.41) is 0. The van der Waals surface area contributed by atoms with Gasteiger partial charge in [0.15, 0.2) is 0 Å². The number of hydrogen-bond donors (Lipinski definition) is 0. The van der Waals surface area contributed by atoms with E-state index in [9.17, 15) is 4.79 Å². The molecule has 0 unspecified atom stereocenters. The highest BCUT2D eigenvalue weighted by atomic mass is 79.9. The van der Waals surface area contributed by atoms with E-state index in [1.165, 1.54) is 0 Å². The summed E-state index contributed by atoms with van der Waals surface area (Å²) < 4.78 is 18.9. The van der Waals surface area contributed by atoms with Crippen molar-refractivity contribution in [3.05, 3.63) is 27.7 Å². The second kappa shape index (κ2) is 6.25. The molecule has 1 fully saturated rings. The third-order valence-electron chi connectivity index (χ3n) is 5.21. The highest BCUT2D eigenvalue weighted by molar-refractivity contribution is 9.10. The van der Waals surface area contributed by atoms with Crippen LogP contribution in [0.3, 0.4) is 0 Å². The van der Waals surface area contributed by atoms with Crippen LogP contribution in [0.15, 0.2) is 16.6 Å². The lowest BCUT2D eigenvalue weighted by molar-refractivity contribution is 0.00578. The lowest BCUT2D eigenvalue weighted by atomic mass is 9.75. The van der Waals surface area contributed by atoms with Crippen molar-refractivity contribution in [2.24, 2.45) is 0 Å². The topological polar surface area (TPSA) is 48.0 Å². The average molecular weight is 424 g/mol. The molecule has 1 aromatic carbocycles. The Labute approximate surface area is 164 Å². The SMILES string of the molecule is CC(C)(C)OC(=O)N1Cc2cc(Br)cc(B3OC(C)(C)C(C)(C)O3)c2C1. The van der Waals surface area contributed by atoms with Gasteiger partial charge in [-0.2, -0.15) is 0 Å². The fourth-order valence-electron chi connectivity index (χ4n) is 3.14. The number of nitrogens with zero attached hydrogens (tertiary/aromatic N) is 1. The molecule has 0 aromatic heterocycles. The molecule has 1 amide bonds. The molecule has 3 rings (SSSR count). The Morgan fingerprint density at radius 2 is 1.73 bits per heavy atom. The van der Waals surface area contributed by atoms with Crippen LogP contribution in [0, 0.1) is 0 Å². The van der Waals surface area contributed by atoms with Crippen LogP contribution in [0.2, 0.25) is 0 Å². The van der Waals surface area contributed by atoms with Crippen molar-refractivity contribution in [2.75, 3.05) is 0 Å². The minimum Gasteiger partial charge on any atom is -0.444 e. The Kier molecular flexibility index (Phi) is 4.73. The van der Waals surface area contributed by atoms with E-state index < -0.39 is 23.9 Å². The molecule has 0 radical (unpaired) electrons. The molecule has 0 saturated carbocycles. The van der Waals surface area contributed by atoms with Crippen molar-refractivity contribution >= 4 is 34.6 Å². The van der Waals surface area contributed by atoms with Crippen molar-refractivity contribution in [1.82, 2.24) is 4.90 Å². The number of carbonyl (C=O) groups is 1. The van der Waals surface area contributed by atoms with E-state index in [1.807, 2.05) is 54.5 Å². The zero-order valence-corrected chi connectivity index (χ0v) is 18.2. The van der Waals surface area contributed by atoms with Crippen molar-refractivity contribution in [3.63, 3.8) is 0 Å². The fraction of sp³-hybridized carbons (Fsp3) is 0.632. The first-order valence-corrected chi connectivity index (χ1v) is 9.73. The molecule has 5 nitrogen and oxygen atoms in total. The quantitative estimate of drug-likeness (QED) is 0.640. The van der Waals surface area contributed by atoms with Crippen molar-refractivity contribution in [2.45, 2.75) is 78.4 Å². The maximum atomic E-state index is 12.5. The summed E-state index contributed by atoms with van der Waals surface area (Å²) in [6.45, 7) is 14.8. The Bertz CT molecular complexity index is 726. The summed E-state index contributed by atoms with van der Waals surface area (Å²) in [5.74, 6) is 0. The summed E-state index contributed by atoms with van der Waals surface area (Å²) in [4.78, 5) is 14.2. The molecule has 0 spiro atoms. The molecule has 142 valence electrons. The summed E-state index contributed by atoms with van der Waals surface area (Å²) in [6, 6.07) is 4.08. The molecule has 0 bridgehead atoms. The molecule has 2 aliphatic rings. The third kappa shape index (κ3) is 3.66. The Morgan fingerprint density at radius 1 is 1.15 bits per heavy atom. The Balaban J connectivity index is 1.88. The molecule has 1 aromatic rings. The van der Waals surface area contributed by atoms with Gasteiger partial charge < -0.3 is 14.0 Å². The van der Waals surface area contributed by atoms with E-state index in [4.69, 9.17) is 14.0 Å². The highest BCUT2D eigenvalue weighted by Crippen LogP contribution is 2.38. The van der Waals surface area contributed by atoms with Crippen LogP contribution in [0.5, 0.6) is 0 Å². The number of amides is 1. The maximum absolute atomic E-state index is 12.5. The first-order valence-electron chi connectivity index (χ1n) is 8.94. The summed E-state index contributed by atoms with van der Waals surface area (Å²) in [7, 11) is -0.454. The van der Waals surface area contributed by atoms with E-state index in [-0.39, 0.29) is 6.09 Å². The van der Waals surface area contributed by atoms with Gasteiger partial charge >= 0.3 is 13.2 Å². The van der Waals surface area contributed by atoms with Gasteiger partial charge in [-0.3, -0.25) is 4.90 Å². The smallest absolute Gasteiger partial charge is 0.444 e. The minimum atomic E-state index is -0.513. The van der Waals surface area contributed by atoms with Crippen LogP contribution in [-0.4, -0.2) is 34.9 Å². The number of hydrogen-bond acceptors (Lipinski definition) is 4. The first-order chi connectivity index (χ1) is 11.8. The minimum absolute atomic E-state index is 0.301. The molecule has 7 heteroatoms. The molecular formula is C19H27BBrNO4. The normalized spacial score (nSPS) is 21.1. The van der Waals surface area contributed by atoms with Gasteiger partial charge in [-0.25, -0.2) is 4.79 Å². The van der Waals surface area contributed by atoms with Crippen molar-refractivity contribution in [1.29, 1.82) is 0 Å². The van der Waals surface area contributed by atoms with E-state index >= 15 is 0 Å². The van der Waals surface area contributed by atoms with Crippen LogP contribution < -0.4 is 5.46 Å². The lowest BCUT2D eigenvalue weighted by Gasteiger charge is -2.32. The second-order valence-electron chi connectivity index (χ2n) is 9.06. The summed E-state index contributed by atoms with van der Waals surface area (Å²) >= 11 is 3.58. The first kappa shape index (κ1) is 19.7. The van der Waals surface area contributed by atoms with E-state index in [0.29, 0.717) is 13.1 Å². The van der Waals surface area contributed by atoms with E-state index in [1.54, 1.807) is 4.90 Å². The van der Waals surface area contributed by atoms with Gasteiger partial charge in [0.1, 0.15) is 5.60 Å². The molecule has 26 heavy (non-hydrogen) atoms. The molecule has 2 heterocycles. The second-order valence-corrected chi connectivity index (χ2v) is 9.97. The van der Waals surface area contributed by atoms with Crippen molar-refractivity contribution < 1.29 is 18.8 Å². The molecule has 0 aliphatic carbocycles. The number of halogens is 1. The highest BCUT2D eigenvalue weighted by Gasteiger charge is 2.52. The van der Waals surface area contributed by atoms with Gasteiger partial charge in [0.05, 0.1) is 11.2 Å². The van der Waals surface area contributed by atoms with Gasteiger partial charge in [-0.1, -0.05) is 15.9 Å². The van der Waals surface area contributed by atoms with Crippen LogP contribution in [0.1, 0.15) is 59.6 Å². The van der Waals surface area contributed by atoms with Gasteiger partial charge in [0.2, 0.25) is 0 Å². The number of benzene rings is 1. The van der Waals surface area contributed by atoms with Crippen LogP contribution >= 0.6 is 15.9 Å². The predicted molar refractivity (Wildman–Crippen MR) is 105 cm³/mol. The largest absolute Gasteiger partial charge is 0.495 e. The van der Waals surface area contributed by atoms with E-state index in [2.05, 4.69) is 22.0 Å². The fourth-order valence-corrected chi connectivity index (χ4v) is 3.66. The zero-order chi connectivity index (χ0) is 19.5. The maximum Gasteiger partial charge on any atom is 0.495 e. The molecule has 0 atom stereocenters.